The molecule has 0 spiro atoms. The second kappa shape index (κ2) is 6.26. The van der Waals surface area contributed by atoms with Crippen LogP contribution in [-0.4, -0.2) is 63.2 Å². The Kier molecular flexibility index (Phi) is 4.66. The normalized spacial score (nSPS) is 17.2. The number of nitrogen functional groups attached to an aromatic ring is 1. The average Bonchev–Trinajstić information content (AvgIpc) is 2.37. The minimum Gasteiger partial charge on any atom is -0.397 e. The van der Waals surface area contributed by atoms with Gasteiger partial charge >= 0.3 is 0 Å². The van der Waals surface area contributed by atoms with Crippen LogP contribution in [0.4, 0.5) is 11.4 Å². The maximum atomic E-state index is 6.12. The number of nitrogens with two attached hydrogens (primary N) is 1. The Labute approximate surface area is 116 Å². The average molecular weight is 262 g/mol. The number of anilines is 2. The molecule has 106 valence electrons. The van der Waals surface area contributed by atoms with Crippen LogP contribution in [-0.2, 0) is 0 Å². The Hall–Kier alpha value is -1.26. The van der Waals surface area contributed by atoms with E-state index in [9.17, 15) is 0 Å². The largest absolute Gasteiger partial charge is 0.397 e. The summed E-state index contributed by atoms with van der Waals surface area (Å²) in [7, 11) is 4.26. The number of nitrogens with zero attached hydrogens (tertiary/aromatic N) is 3. The summed E-state index contributed by atoms with van der Waals surface area (Å²) in [6, 6.07) is 6.36. The van der Waals surface area contributed by atoms with Crippen molar-refractivity contribution in [1.82, 2.24) is 9.80 Å². The first-order chi connectivity index (χ1) is 9.06. The van der Waals surface area contributed by atoms with E-state index in [1.807, 2.05) is 0 Å². The van der Waals surface area contributed by atoms with Crippen molar-refractivity contribution in [3.05, 3.63) is 23.8 Å². The Balaban J connectivity index is 1.89. The zero-order valence-corrected chi connectivity index (χ0v) is 12.4. The van der Waals surface area contributed by atoms with E-state index in [0.717, 1.165) is 45.0 Å². The molecule has 1 aromatic rings. The smallest absolute Gasteiger partial charge is 0.0601 e. The lowest BCUT2D eigenvalue weighted by atomic mass is 10.1. The molecule has 0 radical (unpaired) electrons. The summed E-state index contributed by atoms with van der Waals surface area (Å²) in [5.41, 5.74) is 9.45. The number of hydrogen-bond donors (Lipinski definition) is 1. The lowest BCUT2D eigenvalue weighted by molar-refractivity contribution is 0.229. The Morgan fingerprint density at radius 2 is 1.84 bits per heavy atom. The predicted octanol–water partition coefficient (Wildman–Crippen LogP) is 1.26. The lowest BCUT2D eigenvalue weighted by Crippen LogP contribution is -2.48. The maximum absolute atomic E-state index is 6.12. The highest BCUT2D eigenvalue weighted by atomic mass is 15.3. The summed E-state index contributed by atoms with van der Waals surface area (Å²) in [4.78, 5) is 7.17. The van der Waals surface area contributed by atoms with Crippen LogP contribution in [0.15, 0.2) is 18.2 Å². The lowest BCUT2D eigenvalue weighted by Gasteiger charge is -2.37. The molecule has 0 amide bonds. The molecule has 2 rings (SSSR count). The number of piperazine rings is 1. The van der Waals surface area contributed by atoms with Crippen LogP contribution in [0.1, 0.15) is 5.56 Å². The van der Waals surface area contributed by atoms with E-state index in [0.29, 0.717) is 0 Å². The van der Waals surface area contributed by atoms with Crippen molar-refractivity contribution in [3.8, 4) is 0 Å². The van der Waals surface area contributed by atoms with Crippen molar-refractivity contribution in [2.24, 2.45) is 0 Å². The standard InChI is InChI=1S/C15H26N4/c1-13-4-5-15(14(16)12-13)19-10-8-18(9-11-19)7-6-17(2)3/h4-5,12H,6-11,16H2,1-3H3. The molecule has 0 bridgehead atoms. The molecule has 1 heterocycles. The summed E-state index contributed by atoms with van der Waals surface area (Å²) < 4.78 is 0. The molecule has 0 aromatic heterocycles. The van der Waals surface area contributed by atoms with Gasteiger partial charge in [-0.1, -0.05) is 6.07 Å². The molecule has 0 saturated carbocycles. The topological polar surface area (TPSA) is 35.7 Å². The third-order valence-corrected chi connectivity index (χ3v) is 3.76. The third kappa shape index (κ3) is 3.85. The predicted molar refractivity (Wildman–Crippen MR) is 82.8 cm³/mol. The number of benzene rings is 1. The van der Waals surface area contributed by atoms with Gasteiger partial charge in [-0.05, 0) is 38.7 Å². The van der Waals surface area contributed by atoms with Crippen molar-refractivity contribution in [2.45, 2.75) is 6.92 Å². The van der Waals surface area contributed by atoms with Crippen LogP contribution in [0, 0.1) is 6.92 Å². The highest BCUT2D eigenvalue weighted by molar-refractivity contribution is 5.68. The molecule has 19 heavy (non-hydrogen) atoms. The van der Waals surface area contributed by atoms with E-state index in [1.165, 1.54) is 11.3 Å². The zero-order valence-electron chi connectivity index (χ0n) is 12.4. The van der Waals surface area contributed by atoms with E-state index < -0.39 is 0 Å². The summed E-state index contributed by atoms with van der Waals surface area (Å²) in [5, 5.41) is 0. The SMILES string of the molecule is Cc1ccc(N2CCN(CCN(C)C)CC2)c(N)c1. The summed E-state index contributed by atoms with van der Waals surface area (Å²) in [6.45, 7) is 8.76. The third-order valence-electron chi connectivity index (χ3n) is 3.76. The van der Waals surface area contributed by atoms with Gasteiger partial charge in [0.15, 0.2) is 0 Å². The van der Waals surface area contributed by atoms with Gasteiger partial charge in [0.25, 0.3) is 0 Å². The molecular formula is C15H26N4. The second-order valence-electron chi connectivity index (χ2n) is 5.69. The van der Waals surface area contributed by atoms with Crippen LogP contribution in [0.5, 0.6) is 0 Å². The molecular weight excluding hydrogens is 236 g/mol. The van der Waals surface area contributed by atoms with Crippen molar-refractivity contribution >= 4 is 11.4 Å². The molecule has 0 atom stereocenters. The van der Waals surface area contributed by atoms with Crippen LogP contribution in [0.2, 0.25) is 0 Å². The fourth-order valence-corrected chi connectivity index (χ4v) is 2.52. The van der Waals surface area contributed by atoms with Gasteiger partial charge in [-0.25, -0.2) is 0 Å². The second-order valence-corrected chi connectivity index (χ2v) is 5.69. The maximum Gasteiger partial charge on any atom is 0.0601 e. The minimum atomic E-state index is 0.904. The molecule has 4 heteroatoms. The van der Waals surface area contributed by atoms with Crippen LogP contribution in [0.3, 0.4) is 0 Å². The molecule has 1 aliphatic rings. The number of rotatable bonds is 4. The monoisotopic (exact) mass is 262 g/mol. The van der Waals surface area contributed by atoms with E-state index >= 15 is 0 Å². The van der Waals surface area contributed by atoms with Gasteiger partial charge in [0.2, 0.25) is 0 Å². The highest BCUT2D eigenvalue weighted by Gasteiger charge is 2.18. The fraction of sp³-hybridized carbons (Fsp3) is 0.600. The number of aryl methyl sites for hydroxylation is 1. The molecule has 0 aliphatic carbocycles. The molecule has 0 unspecified atom stereocenters. The Morgan fingerprint density at radius 3 is 2.42 bits per heavy atom. The van der Waals surface area contributed by atoms with Gasteiger partial charge in [0.05, 0.1) is 11.4 Å². The summed E-state index contributed by atoms with van der Waals surface area (Å²) >= 11 is 0. The first kappa shape index (κ1) is 14.2. The minimum absolute atomic E-state index is 0.904. The first-order valence-electron chi connectivity index (χ1n) is 7.04. The summed E-state index contributed by atoms with van der Waals surface area (Å²) in [5.74, 6) is 0. The Bertz CT molecular complexity index is 409. The number of hydrogen-bond acceptors (Lipinski definition) is 4. The molecule has 2 N–H and O–H groups in total. The van der Waals surface area contributed by atoms with Crippen LogP contribution < -0.4 is 10.6 Å². The van der Waals surface area contributed by atoms with Gasteiger partial charge in [-0.2, -0.15) is 0 Å². The van der Waals surface area contributed by atoms with E-state index in [2.05, 4.69) is 53.9 Å². The Morgan fingerprint density at radius 1 is 1.16 bits per heavy atom. The van der Waals surface area contributed by atoms with Gasteiger partial charge in [-0.15, -0.1) is 0 Å². The zero-order chi connectivity index (χ0) is 13.8. The van der Waals surface area contributed by atoms with Gasteiger partial charge in [0.1, 0.15) is 0 Å². The highest BCUT2D eigenvalue weighted by Crippen LogP contribution is 2.25. The molecule has 1 saturated heterocycles. The molecule has 4 nitrogen and oxygen atoms in total. The van der Waals surface area contributed by atoms with Crippen molar-refractivity contribution < 1.29 is 0 Å². The van der Waals surface area contributed by atoms with E-state index in [1.54, 1.807) is 0 Å². The van der Waals surface area contributed by atoms with Crippen molar-refractivity contribution in [3.63, 3.8) is 0 Å². The van der Waals surface area contributed by atoms with Gasteiger partial charge in [0, 0.05) is 39.3 Å². The van der Waals surface area contributed by atoms with Gasteiger partial charge < -0.3 is 15.5 Å². The molecule has 1 fully saturated rings. The van der Waals surface area contributed by atoms with Crippen molar-refractivity contribution in [1.29, 1.82) is 0 Å². The molecule has 1 aliphatic heterocycles. The van der Waals surface area contributed by atoms with Crippen molar-refractivity contribution in [2.75, 3.05) is 64.0 Å². The van der Waals surface area contributed by atoms with E-state index in [4.69, 9.17) is 5.73 Å². The summed E-state index contributed by atoms with van der Waals surface area (Å²) in [6.07, 6.45) is 0. The van der Waals surface area contributed by atoms with Crippen LogP contribution in [0.25, 0.3) is 0 Å². The van der Waals surface area contributed by atoms with E-state index in [-0.39, 0.29) is 0 Å². The van der Waals surface area contributed by atoms with Gasteiger partial charge in [-0.3, -0.25) is 4.90 Å². The quantitative estimate of drug-likeness (QED) is 0.829. The van der Waals surface area contributed by atoms with Crippen LogP contribution >= 0.6 is 0 Å². The molecule has 1 aromatic carbocycles. The fourth-order valence-electron chi connectivity index (χ4n) is 2.52. The first-order valence-corrected chi connectivity index (χ1v) is 7.04. The number of likely N-dealkylation sites (N-methyl/N-ethyl adjacent to an activating group) is 1.